The van der Waals surface area contributed by atoms with Crippen molar-refractivity contribution in [2.45, 2.75) is 20.8 Å². The summed E-state index contributed by atoms with van der Waals surface area (Å²) in [5.41, 5.74) is 1.63. The minimum absolute atomic E-state index is 0.234. The summed E-state index contributed by atoms with van der Waals surface area (Å²) in [5, 5.41) is 0. The number of ether oxygens (including phenoxy) is 1. The Labute approximate surface area is 125 Å². The molecule has 0 amide bonds. The van der Waals surface area contributed by atoms with E-state index < -0.39 is 5.41 Å². The van der Waals surface area contributed by atoms with Gasteiger partial charge in [0, 0.05) is 12.4 Å². The molecule has 1 aromatic heterocycles. The van der Waals surface area contributed by atoms with Gasteiger partial charge in [0.15, 0.2) is 0 Å². The Morgan fingerprint density at radius 3 is 2.00 bits per heavy atom. The molecule has 0 unspecified atom stereocenters. The minimum Gasteiger partial charge on any atom is -0.426 e. The quantitative estimate of drug-likeness (QED) is 0.625. The molecule has 1 aromatic carbocycles. The van der Waals surface area contributed by atoms with Gasteiger partial charge in [-0.05, 0) is 56.2 Å². The number of benzene rings is 1. The van der Waals surface area contributed by atoms with Gasteiger partial charge in [0.2, 0.25) is 0 Å². The summed E-state index contributed by atoms with van der Waals surface area (Å²) in [6.45, 7) is 5.50. The van der Waals surface area contributed by atoms with Crippen LogP contribution < -0.4 is 4.74 Å². The molecule has 0 fully saturated rings. The third-order valence-corrected chi connectivity index (χ3v) is 2.88. The van der Waals surface area contributed by atoms with E-state index in [0.29, 0.717) is 5.75 Å². The summed E-state index contributed by atoms with van der Waals surface area (Å²) in [4.78, 5) is 15.8. The summed E-state index contributed by atoms with van der Waals surface area (Å²) in [6.07, 6.45) is 7.53. The molecule has 0 saturated carbocycles. The number of rotatable bonds is 3. The average Bonchev–Trinajstić information content (AvgIpc) is 2.46. The molecule has 3 nitrogen and oxygen atoms in total. The Morgan fingerprint density at radius 2 is 1.48 bits per heavy atom. The molecular weight excluding hydrogens is 262 g/mol. The second-order valence-corrected chi connectivity index (χ2v) is 5.82. The Bertz CT molecular complexity index is 623. The van der Waals surface area contributed by atoms with Gasteiger partial charge in [-0.15, -0.1) is 0 Å². The fourth-order valence-electron chi connectivity index (χ4n) is 1.57. The molecule has 21 heavy (non-hydrogen) atoms. The lowest BCUT2D eigenvalue weighted by Gasteiger charge is -2.16. The van der Waals surface area contributed by atoms with E-state index >= 15 is 0 Å². The van der Waals surface area contributed by atoms with Crippen molar-refractivity contribution in [2.75, 3.05) is 0 Å². The zero-order valence-corrected chi connectivity index (χ0v) is 12.5. The summed E-state index contributed by atoms with van der Waals surface area (Å²) in [7, 11) is 0. The maximum absolute atomic E-state index is 11.8. The van der Waals surface area contributed by atoms with Gasteiger partial charge in [0.05, 0.1) is 5.41 Å². The number of hydrogen-bond acceptors (Lipinski definition) is 3. The smallest absolute Gasteiger partial charge is 0.316 e. The Hall–Kier alpha value is -2.42. The first-order valence-corrected chi connectivity index (χ1v) is 6.85. The van der Waals surface area contributed by atoms with Crippen molar-refractivity contribution in [3.8, 4) is 5.75 Å². The fourth-order valence-corrected chi connectivity index (χ4v) is 1.57. The number of nitrogens with zero attached hydrogens (tertiary/aromatic N) is 1. The molecule has 0 aliphatic heterocycles. The molecule has 0 saturated heterocycles. The minimum atomic E-state index is -0.500. The number of hydrogen-bond donors (Lipinski definition) is 0. The van der Waals surface area contributed by atoms with Gasteiger partial charge >= 0.3 is 5.97 Å². The van der Waals surface area contributed by atoms with E-state index in [2.05, 4.69) is 4.98 Å². The van der Waals surface area contributed by atoms with Crippen molar-refractivity contribution >= 4 is 18.1 Å². The first-order chi connectivity index (χ1) is 9.95. The van der Waals surface area contributed by atoms with Crippen LogP contribution in [0.4, 0.5) is 0 Å². The highest BCUT2D eigenvalue weighted by molar-refractivity contribution is 5.78. The van der Waals surface area contributed by atoms with E-state index in [4.69, 9.17) is 4.74 Å². The lowest BCUT2D eigenvalue weighted by Crippen LogP contribution is -2.25. The van der Waals surface area contributed by atoms with Crippen molar-refractivity contribution < 1.29 is 9.53 Å². The van der Waals surface area contributed by atoms with Gasteiger partial charge in [0.1, 0.15) is 5.75 Å². The van der Waals surface area contributed by atoms with Crippen LogP contribution in [-0.2, 0) is 4.79 Å². The molecule has 3 heteroatoms. The molecule has 0 radical (unpaired) electrons. The summed E-state index contributed by atoms with van der Waals surface area (Å²) >= 11 is 0. The number of aromatic nitrogens is 1. The summed E-state index contributed by atoms with van der Waals surface area (Å²) in [6, 6.07) is 11.3. The average molecular weight is 281 g/mol. The maximum atomic E-state index is 11.8. The normalized spacial score (nSPS) is 11.6. The predicted molar refractivity (Wildman–Crippen MR) is 84.7 cm³/mol. The van der Waals surface area contributed by atoms with Crippen molar-refractivity contribution in [1.82, 2.24) is 4.98 Å². The highest BCUT2D eigenvalue weighted by atomic mass is 16.5. The van der Waals surface area contributed by atoms with Crippen LogP contribution >= 0.6 is 0 Å². The van der Waals surface area contributed by atoms with Crippen LogP contribution in [0, 0.1) is 5.41 Å². The van der Waals surface area contributed by atoms with Crippen molar-refractivity contribution in [1.29, 1.82) is 0 Å². The molecular formula is C18H19NO2. The fraction of sp³-hybridized carbons (Fsp3) is 0.222. The monoisotopic (exact) mass is 281 g/mol. The number of esters is 1. The molecule has 2 rings (SSSR count). The highest BCUT2D eigenvalue weighted by Crippen LogP contribution is 2.20. The number of pyridine rings is 1. The highest BCUT2D eigenvalue weighted by Gasteiger charge is 2.23. The molecule has 0 aliphatic rings. The van der Waals surface area contributed by atoms with Crippen molar-refractivity contribution in [3.05, 3.63) is 59.9 Å². The molecule has 0 atom stereocenters. The van der Waals surface area contributed by atoms with E-state index in [-0.39, 0.29) is 5.97 Å². The second-order valence-electron chi connectivity index (χ2n) is 5.82. The van der Waals surface area contributed by atoms with Crippen molar-refractivity contribution in [3.63, 3.8) is 0 Å². The third-order valence-electron chi connectivity index (χ3n) is 2.88. The number of carbonyl (C=O) groups is 1. The van der Waals surface area contributed by atoms with Crippen LogP contribution in [-0.4, -0.2) is 11.0 Å². The Kier molecular flexibility index (Phi) is 4.53. The third kappa shape index (κ3) is 4.56. The predicted octanol–water partition coefficient (Wildman–Crippen LogP) is 4.20. The molecule has 1 heterocycles. The van der Waals surface area contributed by atoms with Gasteiger partial charge in [-0.2, -0.15) is 0 Å². The van der Waals surface area contributed by atoms with Gasteiger partial charge in [0.25, 0.3) is 0 Å². The van der Waals surface area contributed by atoms with E-state index in [1.165, 1.54) is 0 Å². The molecule has 0 bridgehead atoms. The Balaban J connectivity index is 2.03. The lowest BCUT2D eigenvalue weighted by molar-refractivity contribution is -0.142. The lowest BCUT2D eigenvalue weighted by atomic mass is 9.97. The topological polar surface area (TPSA) is 39.2 Å². The van der Waals surface area contributed by atoms with Crippen LogP contribution in [0.3, 0.4) is 0 Å². The molecule has 0 spiro atoms. The van der Waals surface area contributed by atoms with Gasteiger partial charge in [-0.1, -0.05) is 24.3 Å². The zero-order chi connectivity index (χ0) is 15.3. The maximum Gasteiger partial charge on any atom is 0.316 e. The van der Waals surface area contributed by atoms with Gasteiger partial charge in [-0.3, -0.25) is 9.78 Å². The molecule has 0 aliphatic carbocycles. The number of carbonyl (C=O) groups excluding carboxylic acids is 1. The van der Waals surface area contributed by atoms with Crippen LogP contribution in [0.1, 0.15) is 31.9 Å². The van der Waals surface area contributed by atoms with Crippen LogP contribution in [0.15, 0.2) is 48.8 Å². The van der Waals surface area contributed by atoms with E-state index in [1.807, 2.05) is 57.2 Å². The summed E-state index contributed by atoms with van der Waals surface area (Å²) in [5.74, 6) is 0.332. The van der Waals surface area contributed by atoms with E-state index in [1.54, 1.807) is 24.5 Å². The standard InChI is InChI=1S/C18H19NO2/c1-18(2,3)17(20)21-16-8-6-14(7-9-16)4-5-15-10-12-19-13-11-15/h4-13H,1-3H3. The van der Waals surface area contributed by atoms with Crippen LogP contribution in [0.2, 0.25) is 0 Å². The van der Waals surface area contributed by atoms with Crippen molar-refractivity contribution in [2.24, 2.45) is 5.41 Å². The largest absolute Gasteiger partial charge is 0.426 e. The second kappa shape index (κ2) is 6.35. The van der Waals surface area contributed by atoms with Crippen LogP contribution in [0.5, 0.6) is 5.75 Å². The molecule has 0 N–H and O–H groups in total. The zero-order valence-electron chi connectivity index (χ0n) is 12.5. The molecule has 108 valence electrons. The molecule has 2 aromatic rings. The first kappa shape index (κ1) is 15.0. The SMILES string of the molecule is CC(C)(C)C(=O)Oc1ccc(C=Cc2ccncc2)cc1. The summed E-state index contributed by atoms with van der Waals surface area (Å²) < 4.78 is 5.33. The van der Waals surface area contributed by atoms with Crippen LogP contribution in [0.25, 0.3) is 12.2 Å². The Morgan fingerprint density at radius 1 is 0.952 bits per heavy atom. The first-order valence-electron chi connectivity index (χ1n) is 6.85. The van der Waals surface area contributed by atoms with E-state index in [9.17, 15) is 4.79 Å². The van der Waals surface area contributed by atoms with Gasteiger partial charge in [-0.25, -0.2) is 0 Å². The van der Waals surface area contributed by atoms with Gasteiger partial charge < -0.3 is 4.74 Å². The van der Waals surface area contributed by atoms with E-state index in [0.717, 1.165) is 11.1 Å².